The number of hydrogen-bond acceptors (Lipinski definition) is 2. The van der Waals surface area contributed by atoms with Crippen molar-refractivity contribution in [2.24, 2.45) is 5.73 Å². The average Bonchev–Trinajstić information content (AvgIpc) is 2.00. The lowest BCUT2D eigenvalue weighted by atomic mass is 10.1. The fourth-order valence-corrected chi connectivity index (χ4v) is 1.50. The molecule has 0 aromatic heterocycles. The maximum absolute atomic E-state index is 9.41. The van der Waals surface area contributed by atoms with E-state index in [-0.39, 0.29) is 10.8 Å². The molecule has 0 spiro atoms. The molecule has 0 saturated heterocycles. The van der Waals surface area contributed by atoms with Crippen molar-refractivity contribution in [2.75, 3.05) is 6.54 Å². The monoisotopic (exact) mass is 205 g/mol. The molecular formula is C8H9Cl2NO. The maximum Gasteiger partial charge on any atom is 0.137 e. The quantitative estimate of drug-likeness (QED) is 0.779. The van der Waals surface area contributed by atoms with Gasteiger partial charge >= 0.3 is 0 Å². The minimum Gasteiger partial charge on any atom is -0.506 e. The van der Waals surface area contributed by atoms with Crippen LogP contribution in [0.3, 0.4) is 0 Å². The van der Waals surface area contributed by atoms with Gasteiger partial charge in [-0.25, -0.2) is 0 Å². The summed E-state index contributed by atoms with van der Waals surface area (Å²) in [6, 6.07) is 3.16. The molecule has 1 aromatic rings. The highest BCUT2D eigenvalue weighted by molar-refractivity contribution is 6.35. The fourth-order valence-electron chi connectivity index (χ4n) is 0.965. The van der Waals surface area contributed by atoms with Crippen LogP contribution in [0.1, 0.15) is 5.56 Å². The number of hydrogen-bond donors (Lipinski definition) is 2. The van der Waals surface area contributed by atoms with Gasteiger partial charge in [0.05, 0.1) is 5.02 Å². The standard InChI is InChI=1S/C8H9Cl2NO/c9-6-3-5(1-2-11)8(12)7(10)4-6/h3-4,12H,1-2,11H2. The smallest absolute Gasteiger partial charge is 0.137 e. The van der Waals surface area contributed by atoms with Crippen LogP contribution in [0.4, 0.5) is 0 Å². The molecule has 12 heavy (non-hydrogen) atoms. The zero-order valence-corrected chi connectivity index (χ0v) is 7.86. The highest BCUT2D eigenvalue weighted by Crippen LogP contribution is 2.31. The Bertz CT molecular complexity index is 289. The van der Waals surface area contributed by atoms with E-state index >= 15 is 0 Å². The molecule has 0 amide bonds. The molecule has 1 aromatic carbocycles. The molecule has 0 bridgehead atoms. The second kappa shape index (κ2) is 3.99. The van der Waals surface area contributed by atoms with Crippen LogP contribution >= 0.6 is 23.2 Å². The minimum absolute atomic E-state index is 0.0755. The normalized spacial score (nSPS) is 10.2. The summed E-state index contributed by atoms with van der Waals surface area (Å²) in [7, 11) is 0. The summed E-state index contributed by atoms with van der Waals surface area (Å²) in [5, 5.41) is 10.2. The molecule has 66 valence electrons. The summed E-state index contributed by atoms with van der Waals surface area (Å²) >= 11 is 11.4. The van der Waals surface area contributed by atoms with Crippen LogP contribution in [0, 0.1) is 0 Å². The van der Waals surface area contributed by atoms with Crippen molar-refractivity contribution in [3.63, 3.8) is 0 Å². The summed E-state index contributed by atoms with van der Waals surface area (Å²) in [4.78, 5) is 0. The second-order valence-electron chi connectivity index (χ2n) is 2.43. The highest BCUT2D eigenvalue weighted by atomic mass is 35.5. The van der Waals surface area contributed by atoms with E-state index < -0.39 is 0 Å². The summed E-state index contributed by atoms with van der Waals surface area (Å²) in [5.74, 6) is 0.0755. The average molecular weight is 206 g/mol. The molecule has 0 radical (unpaired) electrons. The van der Waals surface area contributed by atoms with Crippen molar-refractivity contribution in [1.29, 1.82) is 0 Å². The fraction of sp³-hybridized carbons (Fsp3) is 0.250. The van der Waals surface area contributed by atoms with Gasteiger partial charge < -0.3 is 10.8 Å². The van der Waals surface area contributed by atoms with Gasteiger partial charge in [0.2, 0.25) is 0 Å². The molecule has 3 N–H and O–H groups in total. The maximum atomic E-state index is 9.41. The van der Waals surface area contributed by atoms with E-state index in [9.17, 15) is 5.11 Å². The van der Waals surface area contributed by atoms with Crippen LogP contribution in [0.2, 0.25) is 10.0 Å². The first-order valence-electron chi connectivity index (χ1n) is 3.52. The SMILES string of the molecule is NCCc1cc(Cl)cc(Cl)c1O. The Kier molecular flexibility index (Phi) is 3.20. The highest BCUT2D eigenvalue weighted by Gasteiger charge is 2.06. The Hall–Kier alpha value is -0.440. The van der Waals surface area contributed by atoms with Gasteiger partial charge in [-0.3, -0.25) is 0 Å². The van der Waals surface area contributed by atoms with Gasteiger partial charge in [-0.2, -0.15) is 0 Å². The van der Waals surface area contributed by atoms with Crippen molar-refractivity contribution < 1.29 is 5.11 Å². The molecule has 0 fully saturated rings. The van der Waals surface area contributed by atoms with E-state index in [0.717, 1.165) is 0 Å². The number of halogens is 2. The second-order valence-corrected chi connectivity index (χ2v) is 3.28. The van der Waals surface area contributed by atoms with Crippen LogP contribution in [-0.2, 0) is 6.42 Å². The van der Waals surface area contributed by atoms with Gasteiger partial charge in [-0.05, 0) is 30.7 Å². The third-order valence-electron chi connectivity index (χ3n) is 1.52. The topological polar surface area (TPSA) is 46.2 Å². The van der Waals surface area contributed by atoms with Crippen molar-refractivity contribution >= 4 is 23.2 Å². The molecule has 0 aliphatic carbocycles. The number of phenolic OH excluding ortho intramolecular Hbond substituents is 1. The first-order chi connectivity index (χ1) is 5.65. The zero-order chi connectivity index (χ0) is 9.14. The third-order valence-corrected chi connectivity index (χ3v) is 2.03. The molecule has 0 aliphatic rings. The Labute approximate surface area is 80.9 Å². The Morgan fingerprint density at radius 2 is 2.00 bits per heavy atom. The Morgan fingerprint density at radius 1 is 1.33 bits per heavy atom. The van der Waals surface area contributed by atoms with Crippen LogP contribution in [0.25, 0.3) is 0 Å². The van der Waals surface area contributed by atoms with Crippen molar-refractivity contribution in [3.8, 4) is 5.75 Å². The zero-order valence-electron chi connectivity index (χ0n) is 6.35. The van der Waals surface area contributed by atoms with Gasteiger partial charge in [-0.15, -0.1) is 0 Å². The first kappa shape index (κ1) is 9.65. The van der Waals surface area contributed by atoms with Crippen LogP contribution < -0.4 is 5.73 Å². The summed E-state index contributed by atoms with van der Waals surface area (Å²) < 4.78 is 0. The third kappa shape index (κ3) is 2.03. The largest absolute Gasteiger partial charge is 0.506 e. The minimum atomic E-state index is 0.0755. The van der Waals surface area contributed by atoms with E-state index in [2.05, 4.69) is 0 Å². The molecule has 4 heteroatoms. The van der Waals surface area contributed by atoms with Gasteiger partial charge in [0, 0.05) is 5.02 Å². The predicted molar refractivity (Wildman–Crippen MR) is 50.9 cm³/mol. The summed E-state index contributed by atoms with van der Waals surface area (Å²) in [5.41, 5.74) is 6.02. The summed E-state index contributed by atoms with van der Waals surface area (Å²) in [6.07, 6.45) is 0.576. The van der Waals surface area contributed by atoms with E-state index in [1.807, 2.05) is 0 Å². The predicted octanol–water partition coefficient (Wildman–Crippen LogP) is 2.20. The summed E-state index contributed by atoms with van der Waals surface area (Å²) in [6.45, 7) is 0.463. The van der Waals surface area contributed by atoms with Crippen LogP contribution in [-0.4, -0.2) is 11.7 Å². The molecular weight excluding hydrogens is 197 g/mol. The van der Waals surface area contributed by atoms with Gasteiger partial charge in [0.15, 0.2) is 0 Å². The molecule has 0 atom stereocenters. The number of rotatable bonds is 2. The number of benzene rings is 1. The van der Waals surface area contributed by atoms with Gasteiger partial charge in [-0.1, -0.05) is 23.2 Å². The lowest BCUT2D eigenvalue weighted by Crippen LogP contribution is -2.02. The number of phenols is 1. The van der Waals surface area contributed by atoms with Crippen molar-refractivity contribution in [2.45, 2.75) is 6.42 Å². The molecule has 0 unspecified atom stereocenters. The molecule has 0 heterocycles. The number of aromatic hydroxyl groups is 1. The van der Waals surface area contributed by atoms with Crippen molar-refractivity contribution in [3.05, 3.63) is 27.7 Å². The van der Waals surface area contributed by atoms with Crippen LogP contribution in [0.15, 0.2) is 12.1 Å². The lowest BCUT2D eigenvalue weighted by Gasteiger charge is -2.04. The molecule has 1 rings (SSSR count). The van der Waals surface area contributed by atoms with E-state index in [1.165, 1.54) is 6.07 Å². The first-order valence-corrected chi connectivity index (χ1v) is 4.27. The number of nitrogens with two attached hydrogens (primary N) is 1. The Morgan fingerprint density at radius 3 is 2.58 bits per heavy atom. The van der Waals surface area contributed by atoms with E-state index in [0.29, 0.717) is 23.6 Å². The van der Waals surface area contributed by atoms with E-state index in [4.69, 9.17) is 28.9 Å². The van der Waals surface area contributed by atoms with Gasteiger partial charge in [0.25, 0.3) is 0 Å². The molecule has 2 nitrogen and oxygen atoms in total. The Balaban J connectivity index is 3.09. The lowest BCUT2D eigenvalue weighted by molar-refractivity contribution is 0.468. The molecule has 0 aliphatic heterocycles. The van der Waals surface area contributed by atoms with E-state index in [1.54, 1.807) is 6.07 Å². The van der Waals surface area contributed by atoms with Crippen molar-refractivity contribution in [1.82, 2.24) is 0 Å². The van der Waals surface area contributed by atoms with Gasteiger partial charge in [0.1, 0.15) is 5.75 Å². The van der Waals surface area contributed by atoms with Crippen LogP contribution in [0.5, 0.6) is 5.75 Å². The molecule has 0 saturated carbocycles.